The van der Waals surface area contributed by atoms with Gasteiger partial charge in [-0.05, 0) is 35.9 Å². The lowest BCUT2D eigenvalue weighted by Crippen LogP contribution is -2.23. The van der Waals surface area contributed by atoms with E-state index in [4.69, 9.17) is 0 Å². The third-order valence-corrected chi connectivity index (χ3v) is 4.00. The molecule has 0 fully saturated rings. The minimum atomic E-state index is -0.788. The Morgan fingerprint density at radius 3 is 2.44 bits per heavy atom. The minimum Gasteiger partial charge on any atom is -0.310 e. The van der Waals surface area contributed by atoms with Crippen molar-refractivity contribution in [1.82, 2.24) is 5.32 Å². The van der Waals surface area contributed by atoms with Gasteiger partial charge in [-0.15, -0.1) is 0 Å². The molecule has 0 aliphatic heterocycles. The van der Waals surface area contributed by atoms with Crippen LogP contribution < -0.4 is 5.32 Å². The van der Waals surface area contributed by atoms with E-state index in [0.717, 1.165) is 23.6 Å². The van der Waals surface area contributed by atoms with E-state index in [0.29, 0.717) is 5.92 Å². The summed E-state index contributed by atoms with van der Waals surface area (Å²) in [5.74, 6) is 1.03. The van der Waals surface area contributed by atoms with Gasteiger partial charge in [0.25, 0.3) is 0 Å². The smallest absolute Gasteiger partial charge is 0.159 e. The van der Waals surface area contributed by atoms with E-state index in [-0.39, 0.29) is 6.04 Å². The zero-order chi connectivity index (χ0) is 13.5. The molecule has 1 nitrogen and oxygen atoms in total. The van der Waals surface area contributed by atoms with Crippen LogP contribution in [0, 0.1) is 17.6 Å². The van der Waals surface area contributed by atoms with Gasteiger partial charge in [0.1, 0.15) is 0 Å². The van der Waals surface area contributed by atoms with Gasteiger partial charge in [-0.1, -0.05) is 26.8 Å². The summed E-state index contributed by atoms with van der Waals surface area (Å²) in [5, 5.41) is 3.31. The highest BCUT2D eigenvalue weighted by Crippen LogP contribution is 2.21. The Kier molecular flexibility index (Phi) is 6.65. The quantitative estimate of drug-likeness (QED) is 0.805. The maximum Gasteiger partial charge on any atom is 0.159 e. The fourth-order valence-corrected chi connectivity index (χ4v) is 2.82. The SMILES string of the molecule is CCNC(CSCC(C)C)c1ccc(F)c(F)c1. The van der Waals surface area contributed by atoms with E-state index >= 15 is 0 Å². The predicted molar refractivity (Wildman–Crippen MR) is 74.9 cm³/mol. The summed E-state index contributed by atoms with van der Waals surface area (Å²) in [7, 11) is 0. The van der Waals surface area contributed by atoms with Gasteiger partial charge in [-0.2, -0.15) is 11.8 Å². The second-order valence-electron chi connectivity index (χ2n) is 4.72. The number of benzene rings is 1. The molecule has 0 aromatic heterocycles. The molecule has 0 spiro atoms. The van der Waals surface area contributed by atoms with E-state index < -0.39 is 11.6 Å². The minimum absolute atomic E-state index is 0.0776. The number of thioether (sulfide) groups is 1. The number of rotatable bonds is 7. The van der Waals surface area contributed by atoms with Crippen molar-refractivity contribution in [1.29, 1.82) is 0 Å². The van der Waals surface area contributed by atoms with E-state index in [1.54, 1.807) is 6.07 Å². The van der Waals surface area contributed by atoms with Gasteiger partial charge in [0.15, 0.2) is 11.6 Å². The van der Waals surface area contributed by atoms with E-state index in [1.807, 2.05) is 18.7 Å². The molecular formula is C14H21F2NS. The van der Waals surface area contributed by atoms with Gasteiger partial charge in [-0.25, -0.2) is 8.78 Å². The number of halogens is 2. The molecule has 1 N–H and O–H groups in total. The van der Waals surface area contributed by atoms with Crippen LogP contribution in [-0.4, -0.2) is 18.1 Å². The topological polar surface area (TPSA) is 12.0 Å². The van der Waals surface area contributed by atoms with E-state index in [2.05, 4.69) is 19.2 Å². The summed E-state index contributed by atoms with van der Waals surface area (Å²) >= 11 is 1.84. The molecule has 0 saturated carbocycles. The second-order valence-corrected chi connectivity index (χ2v) is 5.79. The zero-order valence-electron chi connectivity index (χ0n) is 11.2. The lowest BCUT2D eigenvalue weighted by atomic mass is 10.1. The first-order valence-electron chi connectivity index (χ1n) is 6.30. The van der Waals surface area contributed by atoms with Crippen molar-refractivity contribution in [2.45, 2.75) is 26.8 Å². The molecule has 4 heteroatoms. The Balaban J connectivity index is 2.67. The molecule has 0 aliphatic rings. The highest BCUT2D eigenvalue weighted by molar-refractivity contribution is 7.99. The summed E-state index contributed by atoms with van der Waals surface area (Å²) in [6.07, 6.45) is 0. The van der Waals surface area contributed by atoms with E-state index in [9.17, 15) is 8.78 Å². The van der Waals surface area contributed by atoms with Gasteiger partial charge in [0.05, 0.1) is 0 Å². The molecule has 102 valence electrons. The Hall–Kier alpha value is -0.610. The summed E-state index contributed by atoms with van der Waals surface area (Å²) in [4.78, 5) is 0. The van der Waals surface area contributed by atoms with Crippen molar-refractivity contribution in [3.63, 3.8) is 0 Å². The third-order valence-electron chi connectivity index (χ3n) is 2.53. The van der Waals surface area contributed by atoms with Gasteiger partial charge in [0.2, 0.25) is 0 Å². The maximum absolute atomic E-state index is 13.2. The lowest BCUT2D eigenvalue weighted by molar-refractivity contribution is 0.502. The highest BCUT2D eigenvalue weighted by atomic mass is 32.2. The number of hydrogen-bond acceptors (Lipinski definition) is 2. The molecule has 0 saturated heterocycles. The van der Waals surface area contributed by atoms with Gasteiger partial charge < -0.3 is 5.32 Å². The molecule has 0 heterocycles. The largest absolute Gasteiger partial charge is 0.310 e. The standard InChI is InChI=1S/C14H21F2NS/c1-4-17-14(9-18-8-10(2)3)11-5-6-12(15)13(16)7-11/h5-7,10,14,17H,4,8-9H2,1-3H3. The first-order valence-corrected chi connectivity index (χ1v) is 7.46. The average molecular weight is 273 g/mol. The van der Waals surface area contributed by atoms with Crippen LogP contribution in [-0.2, 0) is 0 Å². The van der Waals surface area contributed by atoms with Crippen LogP contribution in [0.5, 0.6) is 0 Å². The predicted octanol–water partition coefficient (Wildman–Crippen LogP) is 4.00. The molecular weight excluding hydrogens is 252 g/mol. The van der Waals surface area contributed by atoms with Crippen molar-refractivity contribution in [3.05, 3.63) is 35.4 Å². The van der Waals surface area contributed by atoms with Gasteiger partial charge >= 0.3 is 0 Å². The molecule has 0 radical (unpaired) electrons. The zero-order valence-corrected chi connectivity index (χ0v) is 12.0. The molecule has 0 bridgehead atoms. The molecule has 18 heavy (non-hydrogen) atoms. The number of hydrogen-bond donors (Lipinski definition) is 1. The first-order chi connectivity index (χ1) is 8.54. The van der Waals surface area contributed by atoms with Crippen molar-refractivity contribution >= 4 is 11.8 Å². The Morgan fingerprint density at radius 2 is 1.89 bits per heavy atom. The Labute approximate surface area is 112 Å². The highest BCUT2D eigenvalue weighted by Gasteiger charge is 2.13. The lowest BCUT2D eigenvalue weighted by Gasteiger charge is -2.18. The maximum atomic E-state index is 13.2. The molecule has 1 aromatic rings. The van der Waals surface area contributed by atoms with Crippen molar-refractivity contribution in [2.75, 3.05) is 18.1 Å². The van der Waals surface area contributed by atoms with Crippen molar-refractivity contribution in [2.24, 2.45) is 5.92 Å². The van der Waals surface area contributed by atoms with Crippen LogP contribution in [0.3, 0.4) is 0 Å². The number of nitrogens with one attached hydrogen (secondary N) is 1. The van der Waals surface area contributed by atoms with Crippen LogP contribution in [0.15, 0.2) is 18.2 Å². The van der Waals surface area contributed by atoms with Crippen LogP contribution in [0.2, 0.25) is 0 Å². The molecule has 0 aliphatic carbocycles. The molecule has 1 aromatic carbocycles. The summed E-state index contributed by atoms with van der Waals surface area (Å²) in [6.45, 7) is 7.17. The molecule has 1 unspecified atom stereocenters. The second kappa shape index (κ2) is 7.74. The fourth-order valence-electron chi connectivity index (χ4n) is 1.67. The van der Waals surface area contributed by atoms with Crippen LogP contribution in [0.1, 0.15) is 32.4 Å². The van der Waals surface area contributed by atoms with Crippen LogP contribution in [0.25, 0.3) is 0 Å². The average Bonchev–Trinajstić information content (AvgIpc) is 2.31. The molecule has 1 rings (SSSR count). The molecule has 1 atom stereocenters. The summed E-state index contributed by atoms with van der Waals surface area (Å²) in [6, 6.07) is 4.22. The van der Waals surface area contributed by atoms with Gasteiger partial charge in [0, 0.05) is 11.8 Å². The van der Waals surface area contributed by atoms with Crippen LogP contribution >= 0.6 is 11.8 Å². The van der Waals surface area contributed by atoms with Crippen molar-refractivity contribution in [3.8, 4) is 0 Å². The normalized spacial score (nSPS) is 13.0. The molecule has 0 amide bonds. The Bertz CT molecular complexity index is 369. The third kappa shape index (κ3) is 4.94. The van der Waals surface area contributed by atoms with Crippen molar-refractivity contribution < 1.29 is 8.78 Å². The monoisotopic (exact) mass is 273 g/mol. The first kappa shape index (κ1) is 15.4. The fraction of sp³-hybridized carbons (Fsp3) is 0.571. The van der Waals surface area contributed by atoms with Crippen LogP contribution in [0.4, 0.5) is 8.78 Å². The van der Waals surface area contributed by atoms with Gasteiger partial charge in [-0.3, -0.25) is 0 Å². The summed E-state index contributed by atoms with van der Waals surface area (Å²) < 4.78 is 26.1. The Morgan fingerprint density at radius 1 is 1.17 bits per heavy atom. The van der Waals surface area contributed by atoms with E-state index in [1.165, 1.54) is 12.1 Å². The summed E-state index contributed by atoms with van der Waals surface area (Å²) in [5.41, 5.74) is 0.812.